The number of nitrogens with one attached hydrogen (secondary N) is 1. The van der Waals surface area contributed by atoms with Crippen LogP contribution in [-0.4, -0.2) is 41.9 Å². The van der Waals surface area contributed by atoms with E-state index in [1.165, 1.54) is 17.6 Å². The number of furan rings is 1. The van der Waals surface area contributed by atoms with Gasteiger partial charge in [-0.2, -0.15) is 0 Å². The molecule has 1 atom stereocenters. The summed E-state index contributed by atoms with van der Waals surface area (Å²) in [5.41, 5.74) is 0.619. The minimum atomic E-state index is -0.541. The van der Waals surface area contributed by atoms with Gasteiger partial charge < -0.3 is 19.4 Å². The second-order valence-corrected chi connectivity index (χ2v) is 7.79. The lowest BCUT2D eigenvalue weighted by Gasteiger charge is -2.23. The van der Waals surface area contributed by atoms with Gasteiger partial charge in [0.1, 0.15) is 10.9 Å². The molecule has 8 heteroatoms. The Labute approximate surface area is 171 Å². The molecule has 3 heterocycles. The minimum Gasteiger partial charge on any atom is -0.462 e. The van der Waals surface area contributed by atoms with Crippen LogP contribution < -0.4 is 5.32 Å². The lowest BCUT2D eigenvalue weighted by molar-refractivity contribution is -0.119. The normalized spacial score (nSPS) is 16.2. The summed E-state index contributed by atoms with van der Waals surface area (Å²) >= 11 is 1.35. The van der Waals surface area contributed by atoms with E-state index in [1.807, 2.05) is 12.1 Å². The first kappa shape index (κ1) is 19.2. The Morgan fingerprint density at radius 3 is 2.90 bits per heavy atom. The Balaban J connectivity index is 1.49. The standard InChI is InChI=1S/C21H20N2O5S/c1-2-27-21(26)18-12-13-11-14(7-8-17(13)29-18)22-19(24)15-5-3-9-23(15)20(25)16-6-4-10-28-16/h4,6-8,10-12,15H,2-3,5,9H2,1H3,(H,22,24). The van der Waals surface area contributed by atoms with E-state index in [0.29, 0.717) is 30.1 Å². The molecule has 2 aromatic heterocycles. The van der Waals surface area contributed by atoms with Crippen molar-refractivity contribution in [1.29, 1.82) is 0 Å². The number of rotatable bonds is 5. The van der Waals surface area contributed by atoms with Crippen LogP contribution in [0.25, 0.3) is 10.1 Å². The van der Waals surface area contributed by atoms with Crippen molar-refractivity contribution >= 4 is 44.9 Å². The third kappa shape index (κ3) is 3.88. The van der Waals surface area contributed by atoms with E-state index in [0.717, 1.165) is 16.5 Å². The van der Waals surface area contributed by atoms with Crippen molar-refractivity contribution in [3.63, 3.8) is 0 Å². The van der Waals surface area contributed by atoms with Crippen LogP contribution in [0.5, 0.6) is 0 Å². The smallest absolute Gasteiger partial charge is 0.348 e. The molecule has 1 N–H and O–H groups in total. The van der Waals surface area contributed by atoms with Crippen LogP contribution in [0.1, 0.15) is 40.0 Å². The predicted octanol–water partition coefficient (Wildman–Crippen LogP) is 3.91. The highest BCUT2D eigenvalue weighted by molar-refractivity contribution is 7.20. The van der Waals surface area contributed by atoms with E-state index in [-0.39, 0.29) is 23.5 Å². The van der Waals surface area contributed by atoms with Crippen molar-refractivity contribution in [1.82, 2.24) is 4.90 Å². The van der Waals surface area contributed by atoms with Gasteiger partial charge in [-0.1, -0.05) is 0 Å². The lowest BCUT2D eigenvalue weighted by Crippen LogP contribution is -2.43. The van der Waals surface area contributed by atoms with Gasteiger partial charge >= 0.3 is 5.97 Å². The van der Waals surface area contributed by atoms with Gasteiger partial charge in [-0.25, -0.2) is 4.79 Å². The Kier molecular flexibility index (Phi) is 5.35. The number of amides is 2. The van der Waals surface area contributed by atoms with Crippen LogP contribution in [0.3, 0.4) is 0 Å². The third-order valence-corrected chi connectivity index (χ3v) is 5.90. The number of esters is 1. The first-order valence-electron chi connectivity index (χ1n) is 9.43. The predicted molar refractivity (Wildman–Crippen MR) is 109 cm³/mol. The zero-order valence-electron chi connectivity index (χ0n) is 15.8. The Bertz CT molecular complexity index is 1060. The van der Waals surface area contributed by atoms with E-state index < -0.39 is 6.04 Å². The zero-order chi connectivity index (χ0) is 20.4. The molecule has 0 spiro atoms. The monoisotopic (exact) mass is 412 g/mol. The average molecular weight is 412 g/mol. The molecule has 0 radical (unpaired) electrons. The highest BCUT2D eigenvalue weighted by Gasteiger charge is 2.35. The molecule has 1 aromatic carbocycles. The molecule has 1 unspecified atom stereocenters. The first-order chi connectivity index (χ1) is 14.1. The van der Waals surface area contributed by atoms with Crippen molar-refractivity contribution < 1.29 is 23.5 Å². The Morgan fingerprint density at radius 1 is 1.28 bits per heavy atom. The summed E-state index contributed by atoms with van der Waals surface area (Å²) in [7, 11) is 0. The molecular weight excluding hydrogens is 392 g/mol. The van der Waals surface area contributed by atoms with Gasteiger partial charge in [0.15, 0.2) is 5.76 Å². The lowest BCUT2D eigenvalue weighted by atomic mass is 10.2. The number of likely N-dealkylation sites (tertiary alicyclic amines) is 1. The van der Waals surface area contributed by atoms with Gasteiger partial charge in [-0.15, -0.1) is 11.3 Å². The number of hydrogen-bond acceptors (Lipinski definition) is 6. The number of benzene rings is 1. The summed E-state index contributed by atoms with van der Waals surface area (Å²) in [5.74, 6) is -0.629. The number of fused-ring (bicyclic) bond motifs is 1. The fourth-order valence-electron chi connectivity index (χ4n) is 3.47. The molecule has 1 aliphatic rings. The molecule has 1 fully saturated rings. The number of nitrogens with zero attached hydrogens (tertiary/aromatic N) is 1. The van der Waals surface area contributed by atoms with Crippen molar-refractivity contribution in [2.75, 3.05) is 18.5 Å². The number of anilines is 1. The van der Waals surface area contributed by atoms with Crippen LogP contribution in [0.4, 0.5) is 5.69 Å². The minimum absolute atomic E-state index is 0.232. The topological polar surface area (TPSA) is 88.9 Å². The Morgan fingerprint density at radius 2 is 2.14 bits per heavy atom. The van der Waals surface area contributed by atoms with E-state index in [4.69, 9.17) is 9.15 Å². The maximum absolute atomic E-state index is 12.8. The summed E-state index contributed by atoms with van der Waals surface area (Å²) in [5, 5.41) is 3.75. The molecule has 0 aliphatic carbocycles. The van der Waals surface area contributed by atoms with Crippen LogP contribution >= 0.6 is 11.3 Å². The van der Waals surface area contributed by atoms with Gasteiger partial charge in [0.05, 0.1) is 12.9 Å². The van der Waals surface area contributed by atoms with Crippen molar-refractivity contribution in [3.8, 4) is 0 Å². The largest absolute Gasteiger partial charge is 0.462 e. The van der Waals surface area contributed by atoms with Crippen LogP contribution in [-0.2, 0) is 9.53 Å². The fraction of sp³-hybridized carbons (Fsp3) is 0.286. The average Bonchev–Trinajstić information content (AvgIpc) is 3.47. The molecule has 4 rings (SSSR count). The SMILES string of the molecule is CCOC(=O)c1cc2cc(NC(=O)C3CCCN3C(=O)c3ccco3)ccc2s1. The van der Waals surface area contributed by atoms with Crippen LogP contribution in [0.15, 0.2) is 47.1 Å². The molecule has 0 bridgehead atoms. The summed E-state index contributed by atoms with van der Waals surface area (Å²) in [6.07, 6.45) is 2.81. The maximum Gasteiger partial charge on any atom is 0.348 e. The molecule has 0 saturated carbocycles. The quantitative estimate of drug-likeness (QED) is 0.642. The highest BCUT2D eigenvalue weighted by Crippen LogP contribution is 2.29. The highest BCUT2D eigenvalue weighted by atomic mass is 32.1. The number of carbonyl (C=O) groups excluding carboxylic acids is 3. The molecule has 7 nitrogen and oxygen atoms in total. The molecule has 1 saturated heterocycles. The molecule has 1 aliphatic heterocycles. The van der Waals surface area contributed by atoms with Crippen molar-refractivity contribution in [3.05, 3.63) is 53.3 Å². The second kappa shape index (κ2) is 8.08. The zero-order valence-corrected chi connectivity index (χ0v) is 16.7. The van der Waals surface area contributed by atoms with Gasteiger partial charge in [0, 0.05) is 16.9 Å². The first-order valence-corrected chi connectivity index (χ1v) is 10.2. The third-order valence-electron chi connectivity index (χ3n) is 4.81. The molecule has 150 valence electrons. The molecule has 3 aromatic rings. The summed E-state index contributed by atoms with van der Waals surface area (Å²) in [4.78, 5) is 39.4. The second-order valence-electron chi connectivity index (χ2n) is 6.71. The van der Waals surface area contributed by atoms with Gasteiger partial charge in [-0.05, 0) is 61.5 Å². The maximum atomic E-state index is 12.8. The number of carbonyl (C=O) groups is 3. The van der Waals surface area contributed by atoms with Crippen LogP contribution in [0.2, 0.25) is 0 Å². The van der Waals surface area contributed by atoms with E-state index in [2.05, 4.69) is 5.32 Å². The van der Waals surface area contributed by atoms with E-state index in [9.17, 15) is 14.4 Å². The summed E-state index contributed by atoms with van der Waals surface area (Å²) in [6, 6.07) is 9.94. The molecule has 29 heavy (non-hydrogen) atoms. The summed E-state index contributed by atoms with van der Waals surface area (Å²) < 4.78 is 11.2. The Hall–Kier alpha value is -3.13. The number of ether oxygens (including phenoxy) is 1. The van der Waals surface area contributed by atoms with E-state index in [1.54, 1.807) is 36.1 Å². The van der Waals surface area contributed by atoms with Crippen molar-refractivity contribution in [2.45, 2.75) is 25.8 Å². The van der Waals surface area contributed by atoms with Gasteiger partial charge in [0.25, 0.3) is 5.91 Å². The fourth-order valence-corrected chi connectivity index (χ4v) is 4.41. The van der Waals surface area contributed by atoms with E-state index >= 15 is 0 Å². The number of hydrogen-bond donors (Lipinski definition) is 1. The van der Waals surface area contributed by atoms with Gasteiger partial charge in [0.2, 0.25) is 5.91 Å². The number of thiophene rings is 1. The van der Waals surface area contributed by atoms with Crippen LogP contribution in [0, 0.1) is 0 Å². The van der Waals surface area contributed by atoms with Gasteiger partial charge in [-0.3, -0.25) is 9.59 Å². The molecule has 2 amide bonds. The summed E-state index contributed by atoms with van der Waals surface area (Å²) in [6.45, 7) is 2.61. The van der Waals surface area contributed by atoms with Crippen molar-refractivity contribution in [2.24, 2.45) is 0 Å². The molecular formula is C21H20N2O5S.